The van der Waals surface area contributed by atoms with Gasteiger partial charge < -0.3 is 14.4 Å². The molecule has 1 amide bonds. The van der Waals surface area contributed by atoms with Crippen LogP contribution in [0.4, 0.5) is 5.82 Å². The number of aromatic nitrogens is 1. The number of anilines is 1. The summed E-state index contributed by atoms with van der Waals surface area (Å²) in [7, 11) is 0. The molecule has 1 saturated heterocycles. The first kappa shape index (κ1) is 21.6. The molecule has 0 saturated carbocycles. The van der Waals surface area contributed by atoms with Gasteiger partial charge in [0.05, 0.1) is 18.2 Å². The Morgan fingerprint density at radius 1 is 1.16 bits per heavy atom. The summed E-state index contributed by atoms with van der Waals surface area (Å²) in [6.45, 7) is 4.27. The van der Waals surface area contributed by atoms with E-state index in [0.29, 0.717) is 34.3 Å². The third-order valence-electron chi connectivity index (χ3n) is 5.09. The maximum atomic E-state index is 13.1. The predicted octanol–water partition coefficient (Wildman–Crippen LogP) is 5.05. The molecule has 0 radical (unpaired) electrons. The summed E-state index contributed by atoms with van der Waals surface area (Å²) in [6.07, 6.45) is 0.869. The first-order valence-electron chi connectivity index (χ1n) is 10.1. The summed E-state index contributed by atoms with van der Waals surface area (Å²) in [6, 6.07) is 14.1. The molecule has 7 nitrogen and oxygen atoms in total. The molecule has 1 N–H and O–H groups in total. The molecule has 0 spiro atoms. The van der Waals surface area contributed by atoms with Crippen molar-refractivity contribution in [1.82, 2.24) is 5.16 Å². The zero-order valence-corrected chi connectivity index (χ0v) is 18.3. The lowest BCUT2D eigenvalue weighted by Crippen LogP contribution is -2.29. The van der Waals surface area contributed by atoms with Crippen LogP contribution in [0.3, 0.4) is 0 Å². The van der Waals surface area contributed by atoms with Crippen LogP contribution >= 0.6 is 11.6 Å². The Bertz CT molecular complexity index is 1180. The molecule has 1 aromatic heterocycles. The highest BCUT2D eigenvalue weighted by Gasteiger charge is 2.48. The van der Waals surface area contributed by atoms with E-state index in [9.17, 15) is 14.7 Å². The van der Waals surface area contributed by atoms with Gasteiger partial charge in [0.15, 0.2) is 5.82 Å². The van der Waals surface area contributed by atoms with E-state index in [1.165, 1.54) is 4.90 Å². The number of halogens is 1. The van der Waals surface area contributed by atoms with E-state index >= 15 is 0 Å². The number of hydrogen-bond acceptors (Lipinski definition) is 6. The molecule has 0 bridgehead atoms. The second-order valence-corrected chi connectivity index (χ2v) is 7.83. The summed E-state index contributed by atoms with van der Waals surface area (Å²) < 4.78 is 10.7. The van der Waals surface area contributed by atoms with E-state index in [-0.39, 0.29) is 17.2 Å². The number of carbonyl (C=O) groups excluding carboxylic acids is 2. The molecule has 1 fully saturated rings. The molecule has 32 heavy (non-hydrogen) atoms. The molecule has 4 rings (SSSR count). The molecule has 1 aliphatic rings. The third-order valence-corrected chi connectivity index (χ3v) is 5.35. The Balaban J connectivity index is 1.83. The smallest absolute Gasteiger partial charge is 0.301 e. The van der Waals surface area contributed by atoms with E-state index < -0.39 is 17.7 Å². The van der Waals surface area contributed by atoms with Crippen molar-refractivity contribution in [2.75, 3.05) is 11.5 Å². The van der Waals surface area contributed by atoms with Crippen molar-refractivity contribution in [1.29, 1.82) is 0 Å². The predicted molar refractivity (Wildman–Crippen MR) is 120 cm³/mol. The van der Waals surface area contributed by atoms with E-state index in [2.05, 4.69) is 5.16 Å². The van der Waals surface area contributed by atoms with Crippen LogP contribution in [0.15, 0.2) is 64.7 Å². The van der Waals surface area contributed by atoms with Crippen LogP contribution in [0.5, 0.6) is 5.75 Å². The standard InChI is InChI=1S/C24H21ClN2O5/c1-3-12-31-18-10-6-16(7-11-18)22(28)20-21(15-4-8-17(25)9-5-15)27(24(30)23(20)29)19-13-14(2)32-26-19/h4-11,13,21,28H,3,12H2,1-2H3/t21-/m1/s1. The summed E-state index contributed by atoms with van der Waals surface area (Å²) in [5.41, 5.74) is 0.945. The normalized spacial score (nSPS) is 17.7. The number of hydrogen-bond donors (Lipinski definition) is 1. The van der Waals surface area contributed by atoms with Crippen LogP contribution in [0, 0.1) is 6.92 Å². The minimum atomic E-state index is -0.896. The molecule has 1 aliphatic heterocycles. The van der Waals surface area contributed by atoms with Gasteiger partial charge in [-0.1, -0.05) is 35.8 Å². The highest BCUT2D eigenvalue weighted by Crippen LogP contribution is 2.42. The van der Waals surface area contributed by atoms with Crippen molar-refractivity contribution in [3.63, 3.8) is 0 Å². The molecule has 8 heteroatoms. The van der Waals surface area contributed by atoms with Crippen LogP contribution in [-0.2, 0) is 9.59 Å². The van der Waals surface area contributed by atoms with Gasteiger partial charge in [-0.25, -0.2) is 0 Å². The highest BCUT2D eigenvalue weighted by molar-refractivity contribution is 6.51. The van der Waals surface area contributed by atoms with Gasteiger partial charge in [0.1, 0.15) is 17.3 Å². The van der Waals surface area contributed by atoms with Gasteiger partial charge in [0.25, 0.3) is 5.78 Å². The Labute approximate surface area is 189 Å². The Hall–Kier alpha value is -3.58. The lowest BCUT2D eigenvalue weighted by molar-refractivity contribution is -0.132. The molecule has 3 aromatic rings. The van der Waals surface area contributed by atoms with Crippen molar-refractivity contribution in [3.05, 3.63) is 82.1 Å². The fourth-order valence-electron chi connectivity index (χ4n) is 3.58. The topological polar surface area (TPSA) is 92.9 Å². The number of amides is 1. The number of carbonyl (C=O) groups is 2. The van der Waals surface area contributed by atoms with Crippen molar-refractivity contribution < 1.29 is 24.0 Å². The summed E-state index contributed by atoms with van der Waals surface area (Å²) in [5.74, 6) is -0.576. The largest absolute Gasteiger partial charge is 0.507 e. The van der Waals surface area contributed by atoms with Crippen molar-refractivity contribution >= 4 is 34.9 Å². The Morgan fingerprint density at radius 2 is 1.84 bits per heavy atom. The van der Waals surface area contributed by atoms with Crippen molar-refractivity contribution in [3.8, 4) is 5.75 Å². The van der Waals surface area contributed by atoms with Crippen LogP contribution < -0.4 is 9.64 Å². The van der Waals surface area contributed by atoms with Gasteiger partial charge in [0.2, 0.25) is 0 Å². The van der Waals surface area contributed by atoms with Crippen LogP contribution in [0.2, 0.25) is 5.02 Å². The van der Waals surface area contributed by atoms with Gasteiger partial charge in [-0.3, -0.25) is 14.5 Å². The minimum Gasteiger partial charge on any atom is -0.507 e. The van der Waals surface area contributed by atoms with E-state index in [4.69, 9.17) is 20.9 Å². The molecule has 2 aromatic carbocycles. The van der Waals surface area contributed by atoms with Crippen LogP contribution in [0.25, 0.3) is 5.76 Å². The maximum absolute atomic E-state index is 13.1. The first-order chi connectivity index (χ1) is 15.4. The molecule has 164 valence electrons. The number of ketones is 1. The van der Waals surface area contributed by atoms with Crippen LogP contribution in [-0.4, -0.2) is 28.6 Å². The SMILES string of the molecule is CCCOc1ccc(C(O)=C2C(=O)C(=O)N(c3cc(C)on3)[C@@H]2c2ccc(Cl)cc2)cc1. The van der Waals surface area contributed by atoms with Crippen molar-refractivity contribution in [2.24, 2.45) is 0 Å². The number of aliphatic hydroxyl groups excluding tert-OH is 1. The van der Waals surface area contributed by atoms with E-state index in [1.807, 2.05) is 6.92 Å². The van der Waals surface area contributed by atoms with Gasteiger partial charge >= 0.3 is 5.91 Å². The molecule has 0 unspecified atom stereocenters. The molecule has 0 aliphatic carbocycles. The van der Waals surface area contributed by atoms with Crippen molar-refractivity contribution in [2.45, 2.75) is 26.3 Å². The zero-order chi connectivity index (χ0) is 22.8. The lowest BCUT2D eigenvalue weighted by atomic mass is 9.95. The number of nitrogens with zero attached hydrogens (tertiary/aromatic N) is 2. The maximum Gasteiger partial charge on any atom is 0.301 e. The fraction of sp³-hybridized carbons (Fsp3) is 0.208. The Kier molecular flexibility index (Phi) is 6.01. The van der Waals surface area contributed by atoms with Gasteiger partial charge in [-0.05, 0) is 55.3 Å². The number of ether oxygens (including phenoxy) is 1. The van der Waals surface area contributed by atoms with Gasteiger partial charge in [-0.2, -0.15) is 0 Å². The van der Waals surface area contributed by atoms with E-state index in [1.54, 1.807) is 61.5 Å². The van der Waals surface area contributed by atoms with Gasteiger partial charge in [-0.15, -0.1) is 0 Å². The second kappa shape index (κ2) is 8.88. The number of benzene rings is 2. The highest BCUT2D eigenvalue weighted by atomic mass is 35.5. The monoisotopic (exact) mass is 452 g/mol. The molecule has 1 atom stereocenters. The zero-order valence-electron chi connectivity index (χ0n) is 17.5. The van der Waals surface area contributed by atoms with Gasteiger partial charge in [0, 0.05) is 16.7 Å². The fourth-order valence-corrected chi connectivity index (χ4v) is 3.71. The third kappa shape index (κ3) is 3.99. The quantitative estimate of drug-likeness (QED) is 0.319. The average molecular weight is 453 g/mol. The molecular weight excluding hydrogens is 432 g/mol. The first-order valence-corrected chi connectivity index (χ1v) is 10.5. The summed E-state index contributed by atoms with van der Waals surface area (Å²) in [5, 5.41) is 15.5. The molecule has 2 heterocycles. The van der Waals surface area contributed by atoms with E-state index in [0.717, 1.165) is 6.42 Å². The molecular formula is C24H21ClN2O5. The minimum absolute atomic E-state index is 0.0415. The number of rotatable bonds is 6. The average Bonchev–Trinajstić information content (AvgIpc) is 3.33. The summed E-state index contributed by atoms with van der Waals surface area (Å²) in [4.78, 5) is 27.3. The van der Waals surface area contributed by atoms with Crippen LogP contribution in [0.1, 0.15) is 36.3 Å². The number of Topliss-reactive ketones (excluding diaryl/α,β-unsaturated/α-hetero) is 1. The number of aliphatic hydroxyl groups is 1. The lowest BCUT2D eigenvalue weighted by Gasteiger charge is -2.22. The Morgan fingerprint density at radius 3 is 2.44 bits per heavy atom. The summed E-state index contributed by atoms with van der Waals surface area (Å²) >= 11 is 6.03. The second-order valence-electron chi connectivity index (χ2n) is 7.39. The number of aryl methyl sites for hydroxylation is 1.